The Kier molecular flexibility index (Phi) is 5.01. The summed E-state index contributed by atoms with van der Waals surface area (Å²) in [5, 5.41) is 3.37. The lowest BCUT2D eigenvalue weighted by molar-refractivity contribution is -0.150. The van der Waals surface area contributed by atoms with Crippen molar-refractivity contribution >= 4 is 5.97 Å². The number of carbonyl (C=O) groups excluding carboxylic acids is 1. The summed E-state index contributed by atoms with van der Waals surface area (Å²) >= 11 is 0. The number of esters is 1. The van der Waals surface area contributed by atoms with Crippen molar-refractivity contribution in [3.05, 3.63) is 29.8 Å². The second kappa shape index (κ2) is 6.75. The number of hydrogen-bond acceptors (Lipinski definition) is 4. The monoisotopic (exact) mass is 277 g/mol. The topological polar surface area (TPSA) is 47.6 Å². The summed E-state index contributed by atoms with van der Waals surface area (Å²) in [5.74, 6) is 0.810. The molecule has 110 valence electrons. The van der Waals surface area contributed by atoms with Crippen LogP contribution in [0.2, 0.25) is 0 Å². The molecule has 0 radical (unpaired) electrons. The van der Waals surface area contributed by atoms with E-state index < -0.39 is 0 Å². The molecule has 4 nitrogen and oxygen atoms in total. The number of carbonyl (C=O) groups is 1. The first-order valence-corrected chi connectivity index (χ1v) is 7.21. The van der Waals surface area contributed by atoms with Crippen molar-refractivity contribution in [2.45, 2.75) is 32.2 Å². The number of nitrogens with one attached hydrogen (secondary N) is 1. The highest BCUT2D eigenvalue weighted by Gasteiger charge is 2.37. The van der Waals surface area contributed by atoms with Gasteiger partial charge in [-0.1, -0.05) is 12.1 Å². The molecule has 1 heterocycles. The minimum atomic E-state index is -0.128. The van der Waals surface area contributed by atoms with Crippen molar-refractivity contribution in [1.29, 1.82) is 0 Å². The van der Waals surface area contributed by atoms with Crippen molar-refractivity contribution in [1.82, 2.24) is 5.32 Å². The van der Waals surface area contributed by atoms with Crippen molar-refractivity contribution < 1.29 is 14.3 Å². The highest BCUT2D eigenvalue weighted by Crippen LogP contribution is 2.34. The van der Waals surface area contributed by atoms with Gasteiger partial charge in [-0.3, -0.25) is 4.79 Å². The number of piperidine rings is 1. The third kappa shape index (κ3) is 3.12. The van der Waals surface area contributed by atoms with E-state index >= 15 is 0 Å². The van der Waals surface area contributed by atoms with Crippen molar-refractivity contribution in [3.63, 3.8) is 0 Å². The smallest absolute Gasteiger partial charge is 0.311 e. The first kappa shape index (κ1) is 14.9. The molecule has 0 aromatic heterocycles. The van der Waals surface area contributed by atoms with E-state index in [9.17, 15) is 4.79 Å². The molecular formula is C16H23NO3. The summed E-state index contributed by atoms with van der Waals surface area (Å²) in [7, 11) is 1.66. The van der Waals surface area contributed by atoms with Crippen LogP contribution in [0.1, 0.15) is 31.7 Å². The Balaban J connectivity index is 2.22. The van der Waals surface area contributed by atoms with Gasteiger partial charge in [0, 0.05) is 6.04 Å². The zero-order valence-electron chi connectivity index (χ0n) is 12.4. The van der Waals surface area contributed by atoms with Gasteiger partial charge in [-0.05, 0) is 50.4 Å². The fourth-order valence-electron chi connectivity index (χ4n) is 2.95. The highest BCUT2D eigenvalue weighted by molar-refractivity contribution is 5.75. The Morgan fingerprint density at radius 2 is 2.05 bits per heavy atom. The van der Waals surface area contributed by atoms with Crippen LogP contribution in [0.25, 0.3) is 0 Å². The van der Waals surface area contributed by atoms with Gasteiger partial charge < -0.3 is 14.8 Å². The van der Waals surface area contributed by atoms with Crippen LogP contribution in [0.4, 0.5) is 0 Å². The van der Waals surface area contributed by atoms with E-state index in [4.69, 9.17) is 9.47 Å². The molecule has 1 aromatic carbocycles. The molecule has 1 fully saturated rings. The van der Waals surface area contributed by atoms with Crippen LogP contribution < -0.4 is 10.1 Å². The molecular weight excluding hydrogens is 254 g/mol. The fraction of sp³-hybridized carbons (Fsp3) is 0.562. The Hall–Kier alpha value is -1.55. The van der Waals surface area contributed by atoms with E-state index in [0.29, 0.717) is 6.61 Å². The van der Waals surface area contributed by atoms with Crippen LogP contribution in [-0.2, 0) is 9.53 Å². The molecule has 20 heavy (non-hydrogen) atoms. The molecule has 0 saturated carbocycles. The van der Waals surface area contributed by atoms with Crippen LogP contribution in [0, 0.1) is 5.92 Å². The molecule has 0 spiro atoms. The summed E-state index contributed by atoms with van der Waals surface area (Å²) in [6.45, 7) is 5.25. The van der Waals surface area contributed by atoms with E-state index in [1.165, 1.54) is 5.56 Å². The van der Waals surface area contributed by atoms with Crippen LogP contribution in [-0.4, -0.2) is 32.3 Å². The van der Waals surface area contributed by atoms with Gasteiger partial charge in [-0.15, -0.1) is 0 Å². The number of benzene rings is 1. The molecule has 3 atom stereocenters. The van der Waals surface area contributed by atoms with Gasteiger partial charge >= 0.3 is 5.97 Å². The number of hydrogen-bond donors (Lipinski definition) is 1. The van der Waals surface area contributed by atoms with Gasteiger partial charge in [-0.25, -0.2) is 0 Å². The van der Waals surface area contributed by atoms with E-state index in [-0.39, 0.29) is 23.8 Å². The maximum absolute atomic E-state index is 12.2. The average molecular weight is 277 g/mol. The van der Waals surface area contributed by atoms with Gasteiger partial charge in [0.25, 0.3) is 0 Å². The number of methoxy groups -OCH3 is 1. The Labute approximate surface area is 120 Å². The highest BCUT2D eigenvalue weighted by atomic mass is 16.5. The van der Waals surface area contributed by atoms with E-state index in [2.05, 4.69) is 12.2 Å². The maximum Gasteiger partial charge on any atom is 0.311 e. The molecule has 1 N–H and O–H groups in total. The van der Waals surface area contributed by atoms with Gasteiger partial charge in [-0.2, -0.15) is 0 Å². The van der Waals surface area contributed by atoms with Gasteiger partial charge in [0.05, 0.1) is 19.6 Å². The Morgan fingerprint density at radius 3 is 2.65 bits per heavy atom. The molecule has 0 bridgehead atoms. The first-order chi connectivity index (χ1) is 9.67. The molecule has 1 aromatic rings. The quantitative estimate of drug-likeness (QED) is 0.858. The van der Waals surface area contributed by atoms with E-state index in [1.54, 1.807) is 7.11 Å². The third-order valence-corrected chi connectivity index (χ3v) is 4.00. The second-order valence-electron chi connectivity index (χ2n) is 5.19. The fourth-order valence-corrected chi connectivity index (χ4v) is 2.95. The maximum atomic E-state index is 12.2. The third-order valence-electron chi connectivity index (χ3n) is 4.00. The average Bonchev–Trinajstić information content (AvgIpc) is 2.47. The van der Waals surface area contributed by atoms with E-state index in [0.717, 1.165) is 18.7 Å². The SMILES string of the molecule is CCOC(=O)[C@@H]1[C@H](C)NCC[C@@H]1c1ccc(OC)cc1. The molecule has 0 unspecified atom stereocenters. The number of ether oxygens (including phenoxy) is 2. The molecule has 1 saturated heterocycles. The summed E-state index contributed by atoms with van der Waals surface area (Å²) in [5.41, 5.74) is 1.18. The van der Waals surface area contributed by atoms with Crippen molar-refractivity contribution in [2.75, 3.05) is 20.3 Å². The zero-order valence-corrected chi connectivity index (χ0v) is 12.4. The van der Waals surface area contributed by atoms with Crippen LogP contribution >= 0.6 is 0 Å². The predicted molar refractivity (Wildman–Crippen MR) is 77.9 cm³/mol. The first-order valence-electron chi connectivity index (χ1n) is 7.21. The second-order valence-corrected chi connectivity index (χ2v) is 5.19. The molecule has 1 aliphatic heterocycles. The summed E-state index contributed by atoms with van der Waals surface area (Å²) in [4.78, 5) is 12.2. The molecule has 2 rings (SSSR count). The molecule has 4 heteroatoms. The summed E-state index contributed by atoms with van der Waals surface area (Å²) in [6, 6.07) is 8.13. The zero-order chi connectivity index (χ0) is 14.5. The summed E-state index contributed by atoms with van der Waals surface area (Å²) < 4.78 is 10.4. The largest absolute Gasteiger partial charge is 0.497 e. The molecule has 0 aliphatic carbocycles. The lowest BCUT2D eigenvalue weighted by Crippen LogP contribution is -2.47. The Bertz CT molecular complexity index is 444. The molecule has 0 amide bonds. The van der Waals surface area contributed by atoms with Gasteiger partial charge in [0.1, 0.15) is 5.75 Å². The van der Waals surface area contributed by atoms with Crippen molar-refractivity contribution in [3.8, 4) is 5.75 Å². The predicted octanol–water partition coefficient (Wildman–Crippen LogP) is 2.34. The van der Waals surface area contributed by atoms with Crippen LogP contribution in [0.5, 0.6) is 5.75 Å². The number of rotatable bonds is 4. The lowest BCUT2D eigenvalue weighted by atomic mass is 9.77. The minimum absolute atomic E-state index is 0.104. The minimum Gasteiger partial charge on any atom is -0.497 e. The summed E-state index contributed by atoms with van der Waals surface area (Å²) in [6.07, 6.45) is 0.945. The standard InChI is InChI=1S/C16H23NO3/c1-4-20-16(18)15-11(2)17-10-9-14(15)12-5-7-13(19-3)8-6-12/h5-8,11,14-15,17H,4,9-10H2,1-3H3/t11-,14+,15+/m0/s1. The van der Waals surface area contributed by atoms with Gasteiger partial charge in [0.2, 0.25) is 0 Å². The van der Waals surface area contributed by atoms with Crippen LogP contribution in [0.15, 0.2) is 24.3 Å². The normalized spacial score (nSPS) is 26.1. The van der Waals surface area contributed by atoms with Crippen molar-refractivity contribution in [2.24, 2.45) is 5.92 Å². The van der Waals surface area contributed by atoms with Crippen LogP contribution in [0.3, 0.4) is 0 Å². The van der Waals surface area contributed by atoms with E-state index in [1.807, 2.05) is 31.2 Å². The Morgan fingerprint density at radius 1 is 1.35 bits per heavy atom. The molecule has 1 aliphatic rings. The lowest BCUT2D eigenvalue weighted by Gasteiger charge is -2.36. The van der Waals surface area contributed by atoms with Gasteiger partial charge in [0.15, 0.2) is 0 Å².